The molecule has 0 unspecified atom stereocenters. The third kappa shape index (κ3) is 3.66. The second-order valence-electron chi connectivity index (χ2n) is 6.37. The molecule has 130 valence electrons. The summed E-state index contributed by atoms with van der Waals surface area (Å²) in [5.41, 5.74) is 4.04. The Balaban J connectivity index is 2.04. The molecule has 0 N–H and O–H groups in total. The van der Waals surface area contributed by atoms with E-state index in [0.717, 1.165) is 29.0 Å². The molecule has 0 aliphatic heterocycles. The molecule has 5 heteroatoms. The molecule has 25 heavy (non-hydrogen) atoms. The molecule has 0 radical (unpaired) electrons. The molecule has 0 aliphatic rings. The number of hydrogen-bond acceptors (Lipinski definition) is 3. The molecule has 1 amide bonds. The Morgan fingerprint density at radius 1 is 1.16 bits per heavy atom. The van der Waals surface area contributed by atoms with Gasteiger partial charge in [0, 0.05) is 31.9 Å². The van der Waals surface area contributed by atoms with E-state index in [4.69, 9.17) is 0 Å². The Labute approximate surface area is 152 Å². The van der Waals surface area contributed by atoms with E-state index in [2.05, 4.69) is 41.6 Å². The van der Waals surface area contributed by atoms with E-state index in [1.807, 2.05) is 43.3 Å². The van der Waals surface area contributed by atoms with Crippen LogP contribution in [0.4, 0.5) is 5.69 Å². The molecule has 0 saturated heterocycles. The van der Waals surface area contributed by atoms with Crippen molar-refractivity contribution >= 4 is 33.1 Å². The van der Waals surface area contributed by atoms with E-state index in [0.29, 0.717) is 5.56 Å². The predicted molar refractivity (Wildman–Crippen MR) is 106 cm³/mol. The third-order valence-corrected chi connectivity index (χ3v) is 5.15. The minimum Gasteiger partial charge on any atom is -0.378 e. The summed E-state index contributed by atoms with van der Waals surface area (Å²) in [5.74, 6) is -0.196. The van der Waals surface area contributed by atoms with Crippen LogP contribution in [0.2, 0.25) is 0 Å². The second-order valence-corrected chi connectivity index (χ2v) is 7.37. The van der Waals surface area contributed by atoms with Crippen molar-refractivity contribution in [2.75, 3.05) is 19.0 Å². The number of thiazole rings is 1. The van der Waals surface area contributed by atoms with Crippen LogP contribution in [0, 0.1) is 6.92 Å². The van der Waals surface area contributed by atoms with Crippen LogP contribution in [0.1, 0.15) is 29.3 Å². The molecule has 1 heterocycles. The normalized spacial score (nSPS) is 11.9. The van der Waals surface area contributed by atoms with Gasteiger partial charge in [-0.05, 0) is 55.3 Å². The van der Waals surface area contributed by atoms with Gasteiger partial charge in [0.05, 0.1) is 10.2 Å². The Hall–Kier alpha value is -2.40. The first kappa shape index (κ1) is 17.4. The van der Waals surface area contributed by atoms with E-state index in [9.17, 15) is 4.79 Å². The lowest BCUT2D eigenvalue weighted by Crippen LogP contribution is -2.17. The predicted octanol–water partition coefficient (Wildman–Crippen LogP) is 4.23. The first-order valence-corrected chi connectivity index (χ1v) is 9.27. The van der Waals surface area contributed by atoms with E-state index in [1.54, 1.807) is 11.3 Å². The largest absolute Gasteiger partial charge is 0.378 e. The quantitative estimate of drug-likeness (QED) is 0.704. The summed E-state index contributed by atoms with van der Waals surface area (Å²) in [4.78, 5) is 19.8. The summed E-state index contributed by atoms with van der Waals surface area (Å²) in [6.45, 7) is 5.07. The fourth-order valence-electron chi connectivity index (χ4n) is 2.76. The molecule has 0 fully saturated rings. The van der Waals surface area contributed by atoms with Crippen molar-refractivity contribution in [3.05, 3.63) is 58.4 Å². The lowest BCUT2D eigenvalue weighted by molar-refractivity contribution is 0.0998. The SMILES string of the molecule is CCCn1c(=NC(=O)c2ccc(N(C)C)cc2)sc2cc(C)ccc21. The number of carbonyl (C=O) groups excluding carboxylic acids is 1. The lowest BCUT2D eigenvalue weighted by atomic mass is 10.2. The molecule has 2 aromatic carbocycles. The Bertz CT molecular complexity index is 965. The molecular formula is C20H23N3OS. The summed E-state index contributed by atoms with van der Waals surface area (Å²) >= 11 is 1.58. The summed E-state index contributed by atoms with van der Waals surface area (Å²) in [6, 6.07) is 13.9. The van der Waals surface area contributed by atoms with Gasteiger partial charge in [-0.1, -0.05) is 24.3 Å². The highest BCUT2D eigenvalue weighted by atomic mass is 32.1. The maximum absolute atomic E-state index is 12.6. The fraction of sp³-hybridized carbons (Fsp3) is 0.300. The fourth-order valence-corrected chi connectivity index (χ4v) is 3.91. The maximum atomic E-state index is 12.6. The minimum atomic E-state index is -0.196. The number of carbonyl (C=O) groups is 1. The van der Waals surface area contributed by atoms with Crippen molar-refractivity contribution in [1.82, 2.24) is 4.57 Å². The smallest absolute Gasteiger partial charge is 0.279 e. The average Bonchev–Trinajstić information content (AvgIpc) is 2.91. The van der Waals surface area contributed by atoms with Crippen LogP contribution >= 0.6 is 11.3 Å². The molecule has 0 atom stereocenters. The number of rotatable bonds is 4. The van der Waals surface area contributed by atoms with E-state index in [1.165, 1.54) is 10.3 Å². The average molecular weight is 353 g/mol. The van der Waals surface area contributed by atoms with Gasteiger partial charge in [-0.2, -0.15) is 4.99 Å². The highest BCUT2D eigenvalue weighted by Crippen LogP contribution is 2.19. The zero-order valence-electron chi connectivity index (χ0n) is 15.1. The van der Waals surface area contributed by atoms with Gasteiger partial charge < -0.3 is 9.47 Å². The van der Waals surface area contributed by atoms with Crippen LogP contribution in [-0.4, -0.2) is 24.6 Å². The molecule has 0 aliphatic carbocycles. The lowest BCUT2D eigenvalue weighted by Gasteiger charge is -2.11. The van der Waals surface area contributed by atoms with Gasteiger partial charge in [-0.15, -0.1) is 0 Å². The van der Waals surface area contributed by atoms with Gasteiger partial charge in [0.1, 0.15) is 0 Å². The topological polar surface area (TPSA) is 37.6 Å². The Morgan fingerprint density at radius 3 is 2.52 bits per heavy atom. The number of nitrogens with zero attached hydrogens (tertiary/aromatic N) is 3. The van der Waals surface area contributed by atoms with Crippen LogP contribution < -0.4 is 9.70 Å². The van der Waals surface area contributed by atoms with Crippen molar-refractivity contribution in [1.29, 1.82) is 0 Å². The highest BCUT2D eigenvalue weighted by molar-refractivity contribution is 7.16. The number of aryl methyl sites for hydroxylation is 2. The number of hydrogen-bond donors (Lipinski definition) is 0. The molecule has 3 aromatic rings. The third-order valence-electron chi connectivity index (χ3n) is 4.11. The van der Waals surface area contributed by atoms with Gasteiger partial charge in [-0.25, -0.2) is 0 Å². The standard InChI is InChI=1S/C20H23N3OS/c1-5-12-23-17-11-6-14(2)13-18(17)25-20(23)21-19(24)15-7-9-16(10-8-15)22(3)4/h6-11,13H,5,12H2,1-4H3. The van der Waals surface area contributed by atoms with Crippen molar-refractivity contribution < 1.29 is 4.79 Å². The first-order chi connectivity index (χ1) is 12.0. The zero-order chi connectivity index (χ0) is 18.0. The summed E-state index contributed by atoms with van der Waals surface area (Å²) in [5, 5.41) is 0. The zero-order valence-corrected chi connectivity index (χ0v) is 15.9. The van der Waals surface area contributed by atoms with Crippen molar-refractivity contribution in [3.63, 3.8) is 0 Å². The van der Waals surface area contributed by atoms with E-state index >= 15 is 0 Å². The number of fused-ring (bicyclic) bond motifs is 1. The van der Waals surface area contributed by atoms with E-state index in [-0.39, 0.29) is 5.91 Å². The van der Waals surface area contributed by atoms with Crippen LogP contribution in [0.15, 0.2) is 47.5 Å². The minimum absolute atomic E-state index is 0.196. The number of aromatic nitrogens is 1. The summed E-state index contributed by atoms with van der Waals surface area (Å²) in [7, 11) is 3.96. The van der Waals surface area contributed by atoms with Gasteiger partial charge in [0.25, 0.3) is 5.91 Å². The molecule has 0 bridgehead atoms. The number of benzene rings is 2. The van der Waals surface area contributed by atoms with Crippen molar-refractivity contribution in [2.24, 2.45) is 4.99 Å². The maximum Gasteiger partial charge on any atom is 0.279 e. The highest BCUT2D eigenvalue weighted by Gasteiger charge is 2.09. The molecule has 3 rings (SSSR count). The van der Waals surface area contributed by atoms with Crippen molar-refractivity contribution in [2.45, 2.75) is 26.8 Å². The van der Waals surface area contributed by atoms with Gasteiger partial charge in [-0.3, -0.25) is 4.79 Å². The number of amides is 1. The monoisotopic (exact) mass is 353 g/mol. The first-order valence-electron chi connectivity index (χ1n) is 8.46. The van der Waals surface area contributed by atoms with Gasteiger partial charge in [0.15, 0.2) is 4.80 Å². The number of anilines is 1. The second kappa shape index (κ2) is 7.23. The molecular weight excluding hydrogens is 330 g/mol. The van der Waals surface area contributed by atoms with Crippen LogP contribution in [0.3, 0.4) is 0 Å². The van der Waals surface area contributed by atoms with Crippen LogP contribution in [-0.2, 0) is 6.54 Å². The van der Waals surface area contributed by atoms with Crippen molar-refractivity contribution in [3.8, 4) is 0 Å². The molecule has 4 nitrogen and oxygen atoms in total. The Kier molecular flexibility index (Phi) is 5.04. The van der Waals surface area contributed by atoms with Crippen LogP contribution in [0.5, 0.6) is 0 Å². The van der Waals surface area contributed by atoms with Crippen LogP contribution in [0.25, 0.3) is 10.2 Å². The summed E-state index contributed by atoms with van der Waals surface area (Å²) in [6.07, 6.45) is 0.999. The van der Waals surface area contributed by atoms with Gasteiger partial charge >= 0.3 is 0 Å². The summed E-state index contributed by atoms with van der Waals surface area (Å²) < 4.78 is 3.31. The molecule has 1 aromatic heterocycles. The van der Waals surface area contributed by atoms with Gasteiger partial charge in [0.2, 0.25) is 0 Å². The Morgan fingerprint density at radius 2 is 1.88 bits per heavy atom. The van der Waals surface area contributed by atoms with E-state index < -0.39 is 0 Å². The molecule has 0 saturated carbocycles. The molecule has 0 spiro atoms.